The van der Waals surface area contributed by atoms with E-state index in [0.717, 1.165) is 91.1 Å². The van der Waals surface area contributed by atoms with Gasteiger partial charge in [0, 0.05) is 66.4 Å². The van der Waals surface area contributed by atoms with E-state index in [9.17, 15) is 0 Å². The Hall–Kier alpha value is -7.56. The smallest absolute Gasteiger partial charge is 0.143 e. The van der Waals surface area contributed by atoms with E-state index in [2.05, 4.69) is 191 Å². The van der Waals surface area contributed by atoms with Gasteiger partial charge in [-0.3, -0.25) is 0 Å². The lowest BCUT2D eigenvalue weighted by Gasteiger charge is -2.26. The van der Waals surface area contributed by atoms with Gasteiger partial charge in [0.1, 0.15) is 22.5 Å². The maximum Gasteiger partial charge on any atom is 0.143 e. The monoisotopic (exact) mass is 744 g/mol. The van der Waals surface area contributed by atoms with E-state index < -0.39 is 0 Å². The number of nitrogens with zero attached hydrogens (tertiary/aromatic N) is 2. The van der Waals surface area contributed by atoms with Crippen molar-refractivity contribution in [2.24, 2.45) is 0 Å². The molecule has 0 saturated carbocycles. The largest absolute Gasteiger partial charge is 0.456 e. The number of benzene rings is 8. The molecule has 11 aromatic rings. The molecule has 274 valence electrons. The molecule has 0 aliphatic heterocycles. The fraction of sp³-hybridized carbons (Fsp3) is 0.0370. The zero-order valence-electron chi connectivity index (χ0n) is 31.6. The maximum atomic E-state index is 6.47. The Bertz CT molecular complexity index is 3330. The molecule has 0 saturated heterocycles. The van der Waals surface area contributed by atoms with Crippen LogP contribution in [0.25, 0.3) is 88.7 Å². The number of hydrogen-bond donors (Lipinski definition) is 0. The summed E-state index contributed by atoms with van der Waals surface area (Å²) in [6, 6.07) is 65.2. The molecule has 0 radical (unpaired) electrons. The first-order valence-electron chi connectivity index (χ1n) is 20.0. The summed E-state index contributed by atoms with van der Waals surface area (Å²) >= 11 is 0. The molecule has 0 N–H and O–H groups in total. The summed E-state index contributed by atoms with van der Waals surface area (Å²) in [6.07, 6.45) is 6.39. The van der Waals surface area contributed by atoms with E-state index in [1.807, 2.05) is 12.1 Å². The van der Waals surface area contributed by atoms with Crippen molar-refractivity contribution in [2.75, 3.05) is 4.90 Å². The van der Waals surface area contributed by atoms with Gasteiger partial charge >= 0.3 is 0 Å². The number of fused-ring (bicyclic) bond motifs is 9. The van der Waals surface area contributed by atoms with E-state index in [0.29, 0.717) is 0 Å². The van der Waals surface area contributed by atoms with Crippen LogP contribution in [-0.4, -0.2) is 4.57 Å². The Morgan fingerprint density at radius 1 is 0.431 bits per heavy atom. The molecule has 0 fully saturated rings. The summed E-state index contributed by atoms with van der Waals surface area (Å²) in [7, 11) is 0. The lowest BCUT2D eigenvalue weighted by molar-refractivity contribution is 0.596. The first-order valence-corrected chi connectivity index (χ1v) is 20.0. The van der Waals surface area contributed by atoms with Crippen LogP contribution in [0.15, 0.2) is 197 Å². The molecular formula is C54H36N2O2. The standard InChI is InChI=1S/C54H36N2O2/c1-5-19-49-43(11-1)44-12-2-6-20-50(44)56(49)40-33-31-39(32-34-40)55(37-27-23-35(24-28-37)41-15-9-17-47-45-13-3-7-21-51(45)57-53(41)47)38-29-25-36(26-30-38)42-16-10-18-48-46-14-4-8-22-52(46)58-54(42)48/h1-3,5-13,15-34H,4,14H2. The highest BCUT2D eigenvalue weighted by molar-refractivity contribution is 6.10. The predicted molar refractivity (Wildman–Crippen MR) is 241 cm³/mol. The third kappa shape index (κ3) is 5.08. The van der Waals surface area contributed by atoms with Crippen LogP contribution >= 0.6 is 0 Å². The average molecular weight is 745 g/mol. The van der Waals surface area contributed by atoms with Gasteiger partial charge in [0.05, 0.1) is 11.0 Å². The highest BCUT2D eigenvalue weighted by Gasteiger charge is 2.20. The summed E-state index contributed by atoms with van der Waals surface area (Å²) in [4.78, 5) is 2.34. The van der Waals surface area contributed by atoms with Crippen molar-refractivity contribution in [3.05, 3.63) is 199 Å². The predicted octanol–water partition coefficient (Wildman–Crippen LogP) is 15.2. The second-order valence-electron chi connectivity index (χ2n) is 15.2. The Kier molecular flexibility index (Phi) is 7.32. The van der Waals surface area contributed by atoms with Gasteiger partial charge in [-0.05, 0) is 96.8 Å². The van der Waals surface area contributed by atoms with Crippen LogP contribution in [0, 0.1) is 0 Å². The molecule has 0 spiro atoms. The molecule has 0 unspecified atom stereocenters. The van der Waals surface area contributed by atoms with E-state index in [1.165, 1.54) is 32.8 Å². The molecule has 8 aromatic carbocycles. The van der Waals surface area contributed by atoms with Gasteiger partial charge in [0.2, 0.25) is 0 Å². The highest BCUT2D eigenvalue weighted by Crippen LogP contribution is 2.42. The molecule has 1 aliphatic carbocycles. The molecule has 0 amide bonds. The van der Waals surface area contributed by atoms with Crippen molar-refractivity contribution < 1.29 is 8.83 Å². The maximum absolute atomic E-state index is 6.47. The molecule has 0 atom stereocenters. The Morgan fingerprint density at radius 3 is 1.59 bits per heavy atom. The molecule has 3 aromatic heterocycles. The number of aryl methyl sites for hydroxylation is 1. The number of anilines is 3. The minimum Gasteiger partial charge on any atom is -0.456 e. The minimum atomic E-state index is 0.903. The molecule has 4 heteroatoms. The summed E-state index contributed by atoms with van der Waals surface area (Å²) in [5.41, 5.74) is 15.2. The third-order valence-corrected chi connectivity index (χ3v) is 11.9. The van der Waals surface area contributed by atoms with Gasteiger partial charge in [0.15, 0.2) is 0 Å². The Labute approximate surface area is 335 Å². The van der Waals surface area contributed by atoms with Gasteiger partial charge in [-0.25, -0.2) is 0 Å². The fourth-order valence-electron chi connectivity index (χ4n) is 9.18. The number of hydrogen-bond acceptors (Lipinski definition) is 3. The van der Waals surface area contributed by atoms with Gasteiger partial charge in [-0.1, -0.05) is 121 Å². The molecule has 1 aliphatic rings. The average Bonchev–Trinajstić information content (AvgIpc) is 3.97. The lowest BCUT2D eigenvalue weighted by Crippen LogP contribution is -2.10. The highest BCUT2D eigenvalue weighted by atomic mass is 16.3. The molecular weight excluding hydrogens is 709 g/mol. The van der Waals surface area contributed by atoms with Crippen LogP contribution in [0.1, 0.15) is 17.7 Å². The summed E-state index contributed by atoms with van der Waals surface area (Å²) in [5, 5.41) is 5.98. The topological polar surface area (TPSA) is 34.5 Å². The van der Waals surface area contributed by atoms with Crippen molar-refractivity contribution >= 4 is 77.9 Å². The van der Waals surface area contributed by atoms with Crippen LogP contribution in [-0.2, 0) is 6.42 Å². The molecule has 58 heavy (non-hydrogen) atoms. The Balaban J connectivity index is 0.965. The van der Waals surface area contributed by atoms with Crippen molar-refractivity contribution in [1.29, 1.82) is 0 Å². The first kappa shape index (κ1) is 32.7. The molecule has 12 rings (SSSR count). The van der Waals surface area contributed by atoms with Gasteiger partial charge in [-0.2, -0.15) is 0 Å². The molecule has 0 bridgehead atoms. The summed E-state index contributed by atoms with van der Waals surface area (Å²) in [5.74, 6) is 0.987. The quantitative estimate of drug-likeness (QED) is 0.170. The molecule has 3 heterocycles. The SMILES string of the molecule is C1=Cc2oc3c(-c4ccc(N(c5ccc(-c6cccc7c6oc6ccccc67)cc5)c5ccc(-n6c7ccccc7c7ccccc76)cc5)cc4)cccc3c2CC1. The van der Waals surface area contributed by atoms with Crippen LogP contribution in [0.4, 0.5) is 17.1 Å². The zero-order chi connectivity index (χ0) is 38.2. The van der Waals surface area contributed by atoms with Gasteiger partial charge < -0.3 is 18.3 Å². The lowest BCUT2D eigenvalue weighted by atomic mass is 9.97. The fourth-order valence-corrected chi connectivity index (χ4v) is 9.18. The second kappa shape index (κ2) is 13.0. The summed E-state index contributed by atoms with van der Waals surface area (Å²) in [6.45, 7) is 0. The number of furan rings is 2. The normalized spacial score (nSPS) is 12.6. The molecule has 4 nitrogen and oxygen atoms in total. The van der Waals surface area contributed by atoms with Crippen LogP contribution < -0.4 is 4.90 Å². The van der Waals surface area contributed by atoms with Crippen molar-refractivity contribution in [3.8, 4) is 27.9 Å². The third-order valence-electron chi connectivity index (χ3n) is 11.9. The van der Waals surface area contributed by atoms with E-state index >= 15 is 0 Å². The van der Waals surface area contributed by atoms with Crippen LogP contribution in [0.5, 0.6) is 0 Å². The van der Waals surface area contributed by atoms with E-state index in [4.69, 9.17) is 8.83 Å². The van der Waals surface area contributed by atoms with Crippen molar-refractivity contribution in [3.63, 3.8) is 0 Å². The first-order chi connectivity index (χ1) is 28.8. The van der Waals surface area contributed by atoms with Crippen LogP contribution in [0.2, 0.25) is 0 Å². The van der Waals surface area contributed by atoms with Gasteiger partial charge in [-0.15, -0.1) is 0 Å². The van der Waals surface area contributed by atoms with Crippen LogP contribution in [0.3, 0.4) is 0 Å². The Morgan fingerprint density at radius 2 is 0.948 bits per heavy atom. The zero-order valence-corrected chi connectivity index (χ0v) is 31.6. The minimum absolute atomic E-state index is 0.903. The number of rotatable bonds is 6. The van der Waals surface area contributed by atoms with Gasteiger partial charge in [0.25, 0.3) is 0 Å². The van der Waals surface area contributed by atoms with E-state index in [-0.39, 0.29) is 0 Å². The number of aromatic nitrogens is 1. The number of para-hydroxylation sites is 5. The van der Waals surface area contributed by atoms with E-state index in [1.54, 1.807) is 0 Å². The van der Waals surface area contributed by atoms with Crippen molar-refractivity contribution in [2.45, 2.75) is 12.8 Å². The second-order valence-corrected chi connectivity index (χ2v) is 15.2. The number of allylic oxidation sites excluding steroid dienone is 1. The summed E-state index contributed by atoms with van der Waals surface area (Å²) < 4.78 is 15.3. The van der Waals surface area contributed by atoms with Crippen molar-refractivity contribution in [1.82, 2.24) is 4.57 Å².